The molecule has 0 radical (unpaired) electrons. The maximum Gasteiger partial charge on any atom is 0.154 e. The summed E-state index contributed by atoms with van der Waals surface area (Å²) in [5.41, 5.74) is 8.02. The van der Waals surface area contributed by atoms with E-state index < -0.39 is 0 Å². The van der Waals surface area contributed by atoms with E-state index in [-0.39, 0.29) is 30.9 Å². The number of fused-ring (bicyclic) bond motifs is 1. The lowest BCUT2D eigenvalue weighted by Crippen LogP contribution is -2.33. The van der Waals surface area contributed by atoms with Gasteiger partial charge >= 0.3 is 0 Å². The highest BCUT2D eigenvalue weighted by atomic mass is 35.5. The molecule has 3 N–H and O–H groups in total. The van der Waals surface area contributed by atoms with E-state index in [0.717, 1.165) is 58.7 Å². The number of halogens is 3. The molecule has 0 aliphatic heterocycles. The highest BCUT2D eigenvalue weighted by molar-refractivity contribution is 6.30. The van der Waals surface area contributed by atoms with Gasteiger partial charge in [0, 0.05) is 22.5 Å². The molecule has 1 aromatic heterocycles. The second-order valence-corrected chi connectivity index (χ2v) is 8.85. The van der Waals surface area contributed by atoms with E-state index >= 15 is 0 Å². The zero-order valence-electron chi connectivity index (χ0n) is 18.8. The normalized spacial score (nSPS) is 18.1. The standard InChI is InChI=1S/C25H29ClN4O.2ClH/c1-16(2)31-21-12-13-23-22(15-21)25(28-20-10-8-19(27)9-11-20)30-24(29-23)14-5-17-3-6-18(26)7-4-17;;/h3-7,12-16,19-20H,8-11,27H2,1-2H3,(H,28,29,30);2*1H/b14-5-;;. The Morgan fingerprint density at radius 3 is 2.36 bits per heavy atom. The summed E-state index contributed by atoms with van der Waals surface area (Å²) in [6, 6.07) is 14.4. The van der Waals surface area contributed by atoms with Crippen molar-refractivity contribution in [2.24, 2.45) is 5.73 Å². The van der Waals surface area contributed by atoms with E-state index in [1.165, 1.54) is 0 Å². The molecule has 178 valence electrons. The SMILES string of the molecule is CC(C)Oc1ccc2nc(/C=C\c3ccc(Cl)cc3)nc(NC3CCC(N)CC3)c2c1.Cl.Cl. The van der Waals surface area contributed by atoms with E-state index in [9.17, 15) is 0 Å². The molecule has 0 spiro atoms. The Labute approximate surface area is 213 Å². The molecular weight excluding hydrogens is 479 g/mol. The van der Waals surface area contributed by atoms with Gasteiger partial charge in [-0.25, -0.2) is 9.97 Å². The largest absolute Gasteiger partial charge is 0.491 e. The molecule has 1 aliphatic carbocycles. The van der Waals surface area contributed by atoms with Crippen molar-refractivity contribution in [3.63, 3.8) is 0 Å². The average molecular weight is 510 g/mol. The van der Waals surface area contributed by atoms with Crippen LogP contribution in [0.2, 0.25) is 5.02 Å². The number of nitrogens with one attached hydrogen (secondary N) is 1. The number of nitrogens with zero attached hydrogens (tertiary/aromatic N) is 2. The molecule has 1 fully saturated rings. The topological polar surface area (TPSA) is 73.1 Å². The molecule has 1 saturated carbocycles. The smallest absolute Gasteiger partial charge is 0.154 e. The minimum Gasteiger partial charge on any atom is -0.491 e. The Kier molecular flexibility index (Phi) is 10.2. The highest BCUT2D eigenvalue weighted by Gasteiger charge is 2.20. The molecule has 33 heavy (non-hydrogen) atoms. The Balaban J connectivity index is 0.00000193. The van der Waals surface area contributed by atoms with Gasteiger partial charge in [0.05, 0.1) is 11.6 Å². The van der Waals surface area contributed by atoms with Crippen molar-refractivity contribution in [2.45, 2.75) is 57.7 Å². The van der Waals surface area contributed by atoms with Crippen molar-refractivity contribution in [3.05, 3.63) is 58.9 Å². The molecular formula is C25H31Cl3N4O. The van der Waals surface area contributed by atoms with Crippen molar-refractivity contribution >= 4 is 65.3 Å². The van der Waals surface area contributed by atoms with Crippen LogP contribution < -0.4 is 15.8 Å². The summed E-state index contributed by atoms with van der Waals surface area (Å²) < 4.78 is 5.90. The molecule has 0 atom stereocenters. The van der Waals surface area contributed by atoms with Crippen LogP contribution in [0.5, 0.6) is 5.75 Å². The summed E-state index contributed by atoms with van der Waals surface area (Å²) in [6.07, 6.45) is 8.20. The number of hydrogen-bond acceptors (Lipinski definition) is 5. The third-order valence-corrected chi connectivity index (χ3v) is 5.72. The van der Waals surface area contributed by atoms with Gasteiger partial charge in [0.15, 0.2) is 5.82 Å². The van der Waals surface area contributed by atoms with E-state index in [1.807, 2.05) is 68.5 Å². The van der Waals surface area contributed by atoms with Gasteiger partial charge in [0.25, 0.3) is 0 Å². The van der Waals surface area contributed by atoms with Crippen molar-refractivity contribution < 1.29 is 4.74 Å². The minimum absolute atomic E-state index is 0. The van der Waals surface area contributed by atoms with E-state index in [1.54, 1.807) is 0 Å². The molecule has 0 amide bonds. The highest BCUT2D eigenvalue weighted by Crippen LogP contribution is 2.29. The maximum atomic E-state index is 6.09. The summed E-state index contributed by atoms with van der Waals surface area (Å²) in [7, 11) is 0. The maximum absolute atomic E-state index is 6.09. The zero-order chi connectivity index (χ0) is 21.8. The molecule has 1 heterocycles. The van der Waals surface area contributed by atoms with Crippen LogP contribution in [-0.2, 0) is 0 Å². The quantitative estimate of drug-likeness (QED) is 0.384. The molecule has 4 rings (SSSR count). The van der Waals surface area contributed by atoms with Crippen LogP contribution in [-0.4, -0.2) is 28.2 Å². The summed E-state index contributed by atoms with van der Waals surface area (Å²) in [4.78, 5) is 9.60. The summed E-state index contributed by atoms with van der Waals surface area (Å²) in [5, 5.41) is 5.35. The predicted octanol–water partition coefficient (Wildman–Crippen LogP) is 6.77. The fourth-order valence-corrected chi connectivity index (χ4v) is 3.98. The predicted molar refractivity (Wildman–Crippen MR) is 144 cm³/mol. The fourth-order valence-electron chi connectivity index (χ4n) is 3.86. The van der Waals surface area contributed by atoms with Gasteiger partial charge < -0.3 is 15.8 Å². The lowest BCUT2D eigenvalue weighted by Gasteiger charge is -2.27. The number of benzene rings is 2. The molecule has 5 nitrogen and oxygen atoms in total. The molecule has 0 bridgehead atoms. The average Bonchev–Trinajstić information content (AvgIpc) is 2.75. The van der Waals surface area contributed by atoms with Crippen LogP contribution >= 0.6 is 36.4 Å². The summed E-state index contributed by atoms with van der Waals surface area (Å²) >= 11 is 5.99. The van der Waals surface area contributed by atoms with Crippen molar-refractivity contribution in [1.82, 2.24) is 9.97 Å². The third kappa shape index (κ3) is 7.47. The van der Waals surface area contributed by atoms with Gasteiger partial charge in [-0.2, -0.15) is 0 Å². The van der Waals surface area contributed by atoms with E-state index in [4.69, 9.17) is 32.0 Å². The monoisotopic (exact) mass is 508 g/mol. The number of nitrogens with two attached hydrogens (primary N) is 1. The van der Waals surface area contributed by atoms with Gasteiger partial charge in [0.1, 0.15) is 11.6 Å². The molecule has 2 aromatic carbocycles. The Morgan fingerprint density at radius 1 is 1.00 bits per heavy atom. The molecule has 3 aromatic rings. The van der Waals surface area contributed by atoms with Crippen molar-refractivity contribution in [3.8, 4) is 5.75 Å². The number of hydrogen-bond donors (Lipinski definition) is 2. The first-order chi connectivity index (χ1) is 15.0. The number of aromatic nitrogens is 2. The first-order valence-corrected chi connectivity index (χ1v) is 11.3. The van der Waals surface area contributed by atoms with E-state index in [2.05, 4.69) is 5.32 Å². The van der Waals surface area contributed by atoms with Crippen LogP contribution in [0.25, 0.3) is 23.1 Å². The summed E-state index contributed by atoms with van der Waals surface area (Å²) in [6.45, 7) is 4.05. The van der Waals surface area contributed by atoms with Crippen molar-refractivity contribution in [2.75, 3.05) is 5.32 Å². The Hall–Kier alpha value is -2.05. The molecule has 0 saturated heterocycles. The van der Waals surface area contributed by atoms with Gasteiger partial charge in [-0.1, -0.05) is 29.8 Å². The van der Waals surface area contributed by atoms with Crippen molar-refractivity contribution in [1.29, 1.82) is 0 Å². The Bertz CT molecular complexity index is 1070. The number of rotatable bonds is 6. The fraction of sp³-hybridized carbons (Fsp3) is 0.360. The zero-order valence-corrected chi connectivity index (χ0v) is 21.2. The molecule has 1 aliphatic rings. The second kappa shape index (κ2) is 12.4. The lowest BCUT2D eigenvalue weighted by molar-refractivity contribution is 0.243. The third-order valence-electron chi connectivity index (χ3n) is 5.46. The first-order valence-electron chi connectivity index (χ1n) is 10.9. The van der Waals surface area contributed by atoms with Crippen LogP contribution in [0, 0.1) is 0 Å². The van der Waals surface area contributed by atoms with Gasteiger partial charge in [0.2, 0.25) is 0 Å². The number of ether oxygens (including phenoxy) is 1. The van der Waals surface area contributed by atoms with E-state index in [0.29, 0.717) is 17.9 Å². The van der Waals surface area contributed by atoms with Gasteiger partial charge in [-0.15, -0.1) is 24.8 Å². The second-order valence-electron chi connectivity index (χ2n) is 8.42. The molecule has 8 heteroatoms. The van der Waals surface area contributed by atoms with Gasteiger partial charge in [-0.05, 0) is 81.5 Å². The van der Waals surface area contributed by atoms with Gasteiger partial charge in [-0.3, -0.25) is 0 Å². The van der Waals surface area contributed by atoms with Crippen LogP contribution in [0.1, 0.15) is 50.9 Å². The summed E-state index contributed by atoms with van der Waals surface area (Å²) in [5.74, 6) is 2.33. The minimum atomic E-state index is 0. The first kappa shape index (κ1) is 27.2. The lowest BCUT2D eigenvalue weighted by atomic mass is 9.92. The number of anilines is 1. The van der Waals surface area contributed by atoms with Crippen LogP contribution in [0.4, 0.5) is 5.82 Å². The molecule has 0 unspecified atom stereocenters. The Morgan fingerprint density at radius 2 is 1.70 bits per heavy atom. The van der Waals surface area contributed by atoms with Crippen LogP contribution in [0.15, 0.2) is 42.5 Å². The van der Waals surface area contributed by atoms with Crippen LogP contribution in [0.3, 0.4) is 0 Å².